The van der Waals surface area contributed by atoms with Gasteiger partial charge in [0, 0.05) is 49.5 Å². The standard InChI is InChI=1S/C25H33N3O/c1-25(2,3)28-19-17-27(18-20-28)23-10-6-21(7-11-23)5-4-15-26-16-14-22-8-12-24(29)13-9-22/h6-13,26,29H,14-20H2,1-3H3. The Labute approximate surface area is 175 Å². The number of nitrogens with one attached hydrogen (secondary N) is 1. The second-order valence-corrected chi connectivity index (χ2v) is 8.59. The fraction of sp³-hybridized carbons (Fsp3) is 0.440. The van der Waals surface area contributed by atoms with Crippen molar-refractivity contribution in [1.82, 2.24) is 10.2 Å². The summed E-state index contributed by atoms with van der Waals surface area (Å²) in [7, 11) is 0. The van der Waals surface area contributed by atoms with E-state index in [0.717, 1.165) is 44.7 Å². The molecular weight excluding hydrogens is 358 g/mol. The van der Waals surface area contributed by atoms with Crippen molar-refractivity contribution >= 4 is 5.69 Å². The summed E-state index contributed by atoms with van der Waals surface area (Å²) in [5.74, 6) is 6.74. The van der Waals surface area contributed by atoms with Crippen LogP contribution in [0, 0.1) is 11.8 Å². The van der Waals surface area contributed by atoms with E-state index < -0.39 is 0 Å². The van der Waals surface area contributed by atoms with Crippen molar-refractivity contribution < 1.29 is 5.11 Å². The SMILES string of the molecule is CC(C)(C)N1CCN(c2ccc(C#CCNCCc3ccc(O)cc3)cc2)CC1. The summed E-state index contributed by atoms with van der Waals surface area (Å²) in [6.45, 7) is 12.8. The van der Waals surface area contributed by atoms with Gasteiger partial charge in [0.2, 0.25) is 0 Å². The highest BCUT2D eigenvalue weighted by molar-refractivity contribution is 5.51. The minimum Gasteiger partial charge on any atom is -0.508 e. The van der Waals surface area contributed by atoms with E-state index in [9.17, 15) is 5.11 Å². The fourth-order valence-corrected chi connectivity index (χ4v) is 3.58. The predicted octanol–water partition coefficient (Wildman–Crippen LogP) is 3.50. The number of anilines is 1. The molecule has 1 aliphatic rings. The van der Waals surface area contributed by atoms with Crippen molar-refractivity contribution in [3.63, 3.8) is 0 Å². The maximum atomic E-state index is 9.30. The molecule has 0 saturated carbocycles. The van der Waals surface area contributed by atoms with Crippen LogP contribution in [0.25, 0.3) is 0 Å². The van der Waals surface area contributed by atoms with E-state index in [1.165, 1.54) is 11.3 Å². The van der Waals surface area contributed by atoms with Crippen LogP contribution in [0.3, 0.4) is 0 Å². The molecule has 2 aromatic rings. The van der Waals surface area contributed by atoms with Gasteiger partial charge < -0.3 is 15.3 Å². The number of phenols is 1. The summed E-state index contributed by atoms with van der Waals surface area (Å²) in [6, 6.07) is 16.0. The van der Waals surface area contributed by atoms with Crippen LogP contribution in [-0.4, -0.2) is 54.8 Å². The van der Waals surface area contributed by atoms with Crippen molar-refractivity contribution in [3.8, 4) is 17.6 Å². The molecule has 0 aliphatic carbocycles. The Kier molecular flexibility index (Phi) is 7.19. The van der Waals surface area contributed by atoms with E-state index in [1.54, 1.807) is 12.1 Å². The Morgan fingerprint density at radius 2 is 1.59 bits per heavy atom. The average molecular weight is 392 g/mol. The Hall–Kier alpha value is -2.48. The summed E-state index contributed by atoms with van der Waals surface area (Å²) in [4.78, 5) is 5.02. The van der Waals surface area contributed by atoms with Gasteiger partial charge in [0.05, 0.1) is 6.54 Å². The molecule has 0 bridgehead atoms. The Morgan fingerprint density at radius 3 is 2.21 bits per heavy atom. The van der Waals surface area contributed by atoms with Crippen molar-refractivity contribution in [1.29, 1.82) is 0 Å². The molecule has 29 heavy (non-hydrogen) atoms. The number of piperazine rings is 1. The van der Waals surface area contributed by atoms with Crippen molar-refractivity contribution in [2.45, 2.75) is 32.7 Å². The van der Waals surface area contributed by atoms with Gasteiger partial charge in [0.25, 0.3) is 0 Å². The minimum absolute atomic E-state index is 0.254. The van der Waals surface area contributed by atoms with E-state index >= 15 is 0 Å². The summed E-state index contributed by atoms with van der Waals surface area (Å²) < 4.78 is 0. The molecule has 1 aliphatic heterocycles. The van der Waals surface area contributed by atoms with Gasteiger partial charge in [-0.25, -0.2) is 0 Å². The molecule has 0 aromatic heterocycles. The third-order valence-electron chi connectivity index (χ3n) is 5.43. The first-order valence-corrected chi connectivity index (χ1v) is 10.5. The molecule has 3 rings (SSSR count). The zero-order valence-corrected chi connectivity index (χ0v) is 17.9. The number of benzene rings is 2. The molecule has 0 spiro atoms. The lowest BCUT2D eigenvalue weighted by molar-refractivity contribution is 0.128. The maximum absolute atomic E-state index is 9.30. The molecule has 0 radical (unpaired) electrons. The first-order valence-electron chi connectivity index (χ1n) is 10.5. The van der Waals surface area contributed by atoms with E-state index in [4.69, 9.17) is 0 Å². The van der Waals surface area contributed by atoms with Gasteiger partial charge in [-0.05, 0) is 69.2 Å². The highest BCUT2D eigenvalue weighted by Gasteiger charge is 2.25. The van der Waals surface area contributed by atoms with Crippen LogP contribution in [-0.2, 0) is 6.42 Å². The average Bonchev–Trinajstić information content (AvgIpc) is 2.72. The molecule has 1 heterocycles. The zero-order chi connectivity index (χ0) is 20.7. The summed E-state index contributed by atoms with van der Waals surface area (Å²) in [5.41, 5.74) is 3.81. The second kappa shape index (κ2) is 9.82. The smallest absolute Gasteiger partial charge is 0.115 e. The summed E-state index contributed by atoms with van der Waals surface area (Å²) in [5, 5.41) is 12.6. The van der Waals surface area contributed by atoms with Crippen LogP contribution in [0.15, 0.2) is 48.5 Å². The summed E-state index contributed by atoms with van der Waals surface area (Å²) in [6.07, 6.45) is 0.930. The number of hydrogen-bond donors (Lipinski definition) is 2. The first kappa shape index (κ1) is 21.2. The van der Waals surface area contributed by atoms with Gasteiger partial charge >= 0.3 is 0 Å². The van der Waals surface area contributed by atoms with Crippen LogP contribution in [0.4, 0.5) is 5.69 Å². The number of rotatable bonds is 5. The molecule has 1 fully saturated rings. The Balaban J connectivity index is 1.40. The highest BCUT2D eigenvalue weighted by atomic mass is 16.3. The van der Waals surface area contributed by atoms with Crippen LogP contribution in [0.1, 0.15) is 31.9 Å². The zero-order valence-electron chi connectivity index (χ0n) is 17.9. The normalized spacial score (nSPS) is 15.1. The van der Waals surface area contributed by atoms with Gasteiger partial charge in [-0.2, -0.15) is 0 Å². The molecule has 4 nitrogen and oxygen atoms in total. The number of phenolic OH excluding ortho intramolecular Hbond substituents is 1. The van der Waals surface area contributed by atoms with E-state index in [1.807, 2.05) is 12.1 Å². The van der Waals surface area contributed by atoms with Crippen molar-refractivity contribution in [2.24, 2.45) is 0 Å². The van der Waals surface area contributed by atoms with Crippen molar-refractivity contribution in [2.75, 3.05) is 44.2 Å². The highest BCUT2D eigenvalue weighted by Crippen LogP contribution is 2.21. The van der Waals surface area contributed by atoms with Crippen LogP contribution < -0.4 is 10.2 Å². The predicted molar refractivity (Wildman–Crippen MR) is 122 cm³/mol. The number of aromatic hydroxyl groups is 1. The monoisotopic (exact) mass is 391 g/mol. The maximum Gasteiger partial charge on any atom is 0.115 e. The molecule has 0 atom stereocenters. The van der Waals surface area contributed by atoms with Crippen LogP contribution in [0.2, 0.25) is 0 Å². The molecular formula is C25H33N3O. The lowest BCUT2D eigenvalue weighted by Gasteiger charge is -2.43. The quantitative estimate of drug-likeness (QED) is 0.604. The largest absolute Gasteiger partial charge is 0.508 e. The Bertz CT molecular complexity index is 818. The third kappa shape index (κ3) is 6.52. The molecule has 2 N–H and O–H groups in total. The topological polar surface area (TPSA) is 38.7 Å². The van der Waals surface area contributed by atoms with Gasteiger partial charge in [0.15, 0.2) is 0 Å². The van der Waals surface area contributed by atoms with Gasteiger partial charge in [-0.1, -0.05) is 24.0 Å². The van der Waals surface area contributed by atoms with Gasteiger partial charge in [-0.15, -0.1) is 0 Å². The molecule has 0 amide bonds. The van der Waals surface area contributed by atoms with Crippen LogP contribution in [0.5, 0.6) is 5.75 Å². The third-order valence-corrected chi connectivity index (χ3v) is 5.43. The lowest BCUT2D eigenvalue weighted by Crippen LogP contribution is -2.53. The number of nitrogens with zero attached hydrogens (tertiary/aromatic N) is 2. The molecule has 1 saturated heterocycles. The van der Waals surface area contributed by atoms with Crippen LogP contribution >= 0.6 is 0 Å². The minimum atomic E-state index is 0.254. The molecule has 154 valence electrons. The first-order chi connectivity index (χ1) is 13.9. The molecule has 4 heteroatoms. The second-order valence-electron chi connectivity index (χ2n) is 8.59. The van der Waals surface area contributed by atoms with Gasteiger partial charge in [-0.3, -0.25) is 4.90 Å². The fourth-order valence-electron chi connectivity index (χ4n) is 3.58. The molecule has 2 aromatic carbocycles. The number of hydrogen-bond acceptors (Lipinski definition) is 4. The van der Waals surface area contributed by atoms with Crippen molar-refractivity contribution in [3.05, 3.63) is 59.7 Å². The molecule has 0 unspecified atom stereocenters. The van der Waals surface area contributed by atoms with E-state index in [-0.39, 0.29) is 5.54 Å². The lowest BCUT2D eigenvalue weighted by atomic mass is 10.0. The van der Waals surface area contributed by atoms with Gasteiger partial charge in [0.1, 0.15) is 5.75 Å². The summed E-state index contributed by atoms with van der Waals surface area (Å²) >= 11 is 0. The van der Waals surface area contributed by atoms with E-state index in [2.05, 4.69) is 72.0 Å². The Morgan fingerprint density at radius 1 is 0.931 bits per heavy atom. The van der Waals surface area contributed by atoms with E-state index in [0.29, 0.717) is 12.3 Å².